The van der Waals surface area contributed by atoms with Gasteiger partial charge in [-0.2, -0.15) is 4.41 Å². The van der Waals surface area contributed by atoms with Gasteiger partial charge < -0.3 is 5.73 Å². The second-order valence-corrected chi connectivity index (χ2v) is 6.74. The fourth-order valence-electron chi connectivity index (χ4n) is 2.38. The van der Waals surface area contributed by atoms with Crippen molar-refractivity contribution in [2.75, 3.05) is 18.8 Å². The Balaban J connectivity index is 2.06. The molecule has 0 fully saturated rings. The molecule has 1 aromatic rings. The van der Waals surface area contributed by atoms with Crippen molar-refractivity contribution in [3.05, 3.63) is 44.4 Å². The molecule has 1 aromatic carbocycles. The maximum Gasteiger partial charge on any atom is 0.292 e. The van der Waals surface area contributed by atoms with Crippen LogP contribution in [0.25, 0.3) is 0 Å². The number of nitro groups is 1. The van der Waals surface area contributed by atoms with Crippen LogP contribution in [0.2, 0.25) is 0 Å². The van der Waals surface area contributed by atoms with Crippen LogP contribution in [0.1, 0.15) is 43.5 Å². The molecule has 0 saturated heterocycles. The first kappa shape index (κ1) is 18.4. The molecule has 24 heavy (non-hydrogen) atoms. The lowest BCUT2D eigenvalue weighted by molar-refractivity contribution is -0.383. The number of carbonyl (C=O) groups is 1. The Morgan fingerprint density at radius 3 is 2.88 bits per heavy atom. The first-order valence-electron chi connectivity index (χ1n) is 7.91. The number of Topliss-reactive ketones (excluding diaryl/α,β-unsaturated/α-hetero) is 1. The summed E-state index contributed by atoms with van der Waals surface area (Å²) >= 11 is 1.35. The van der Waals surface area contributed by atoms with Crippen molar-refractivity contribution in [3.8, 4) is 0 Å². The molecule has 1 heterocycles. The summed E-state index contributed by atoms with van der Waals surface area (Å²) in [5.41, 5.74) is 9.93. The summed E-state index contributed by atoms with van der Waals surface area (Å²) < 4.78 is 1.93. The van der Waals surface area contributed by atoms with Crippen molar-refractivity contribution < 1.29 is 9.72 Å². The number of hydrogen-bond acceptors (Lipinski definition) is 7. The Morgan fingerprint density at radius 1 is 1.46 bits per heavy atom. The van der Waals surface area contributed by atoms with Gasteiger partial charge in [-0.15, -0.1) is 0 Å². The zero-order valence-electron chi connectivity index (χ0n) is 13.9. The van der Waals surface area contributed by atoms with Gasteiger partial charge in [0.05, 0.1) is 9.83 Å². The predicted molar refractivity (Wildman–Crippen MR) is 96.4 cm³/mol. The maximum atomic E-state index is 12.7. The van der Waals surface area contributed by atoms with E-state index in [1.807, 2.05) is 11.3 Å². The van der Waals surface area contributed by atoms with E-state index in [9.17, 15) is 14.9 Å². The van der Waals surface area contributed by atoms with Gasteiger partial charge in [0.2, 0.25) is 5.78 Å². The first-order valence-corrected chi connectivity index (χ1v) is 8.68. The summed E-state index contributed by atoms with van der Waals surface area (Å²) in [4.78, 5) is 23.7. The highest BCUT2D eigenvalue weighted by molar-refractivity contribution is 8.02. The van der Waals surface area contributed by atoms with Gasteiger partial charge in [-0.3, -0.25) is 14.9 Å². The first-order chi connectivity index (χ1) is 11.4. The molecule has 2 rings (SSSR count). The number of nitrogens with two attached hydrogens (primary N) is 1. The Bertz CT molecular complexity index is 675. The van der Waals surface area contributed by atoms with Crippen molar-refractivity contribution in [1.29, 1.82) is 0 Å². The third-order valence-corrected chi connectivity index (χ3v) is 4.93. The molecule has 130 valence electrons. The molecule has 0 aromatic heterocycles. The molecule has 0 saturated carbocycles. The molecule has 3 N–H and O–H groups in total. The molecule has 8 heteroatoms. The predicted octanol–water partition coefficient (Wildman–Crippen LogP) is 3.29. The van der Waals surface area contributed by atoms with Crippen LogP contribution in [0.4, 0.5) is 11.4 Å². The molecule has 0 atom stereocenters. The lowest BCUT2D eigenvalue weighted by Gasteiger charge is -2.15. The Kier molecular flexibility index (Phi) is 6.36. The van der Waals surface area contributed by atoms with Gasteiger partial charge in [-0.1, -0.05) is 19.8 Å². The molecule has 7 nitrogen and oxygen atoms in total. The van der Waals surface area contributed by atoms with Crippen LogP contribution in [0.5, 0.6) is 0 Å². The molecule has 1 aliphatic rings. The Labute approximate surface area is 145 Å². The fraction of sp³-hybridized carbons (Fsp3) is 0.438. The number of nitrogens with one attached hydrogen (secondary N) is 1. The number of carbonyl (C=O) groups excluding carboxylic acids is 1. The summed E-state index contributed by atoms with van der Waals surface area (Å²) in [6.07, 6.45) is 3.41. The number of ketones is 1. The lowest BCUT2D eigenvalue weighted by atomic mass is 10.1. The van der Waals surface area contributed by atoms with E-state index in [1.165, 1.54) is 36.6 Å². The summed E-state index contributed by atoms with van der Waals surface area (Å²) in [6, 6.07) is 4.18. The molecular weight excluding hydrogens is 328 g/mol. The van der Waals surface area contributed by atoms with E-state index in [0.717, 1.165) is 25.0 Å². The standard InChI is InChI=1S/C16H22N4O3S/c1-3-4-5-8-18-19-10-11(2)16(24-19)15(21)12-6-7-13(17)14(9-12)20(22)23/h6-7,9,18H,3-5,8,10,17H2,1-2H3. The van der Waals surface area contributed by atoms with E-state index in [1.54, 1.807) is 0 Å². The summed E-state index contributed by atoms with van der Waals surface area (Å²) in [7, 11) is 0. The van der Waals surface area contributed by atoms with Gasteiger partial charge in [0.15, 0.2) is 0 Å². The molecule has 1 aliphatic heterocycles. The highest BCUT2D eigenvalue weighted by Crippen LogP contribution is 2.34. The molecule has 0 bridgehead atoms. The van der Waals surface area contributed by atoms with Crippen LogP contribution in [-0.2, 0) is 0 Å². The largest absolute Gasteiger partial charge is 0.393 e. The second-order valence-electron chi connectivity index (χ2n) is 5.71. The third kappa shape index (κ3) is 4.34. The summed E-state index contributed by atoms with van der Waals surface area (Å²) in [5.74, 6) is -0.210. The van der Waals surface area contributed by atoms with Crippen molar-refractivity contribution in [3.63, 3.8) is 0 Å². The quantitative estimate of drug-likeness (QED) is 0.185. The molecule has 0 unspecified atom stereocenters. The van der Waals surface area contributed by atoms with Gasteiger partial charge in [0.1, 0.15) is 5.69 Å². The van der Waals surface area contributed by atoms with Crippen molar-refractivity contribution in [2.24, 2.45) is 0 Å². The maximum absolute atomic E-state index is 12.7. The second kappa shape index (κ2) is 8.27. The summed E-state index contributed by atoms with van der Waals surface area (Å²) in [5, 5.41) is 11.0. The van der Waals surface area contributed by atoms with Gasteiger partial charge in [0, 0.05) is 24.7 Å². The number of nitrogens with zero attached hydrogens (tertiary/aromatic N) is 2. The van der Waals surface area contributed by atoms with Crippen LogP contribution < -0.4 is 11.2 Å². The van der Waals surface area contributed by atoms with Gasteiger partial charge in [-0.25, -0.2) is 5.43 Å². The third-order valence-electron chi connectivity index (χ3n) is 3.73. The summed E-state index contributed by atoms with van der Waals surface area (Å²) in [6.45, 7) is 5.57. The van der Waals surface area contributed by atoms with E-state index in [-0.39, 0.29) is 22.7 Å². The highest BCUT2D eigenvalue weighted by Gasteiger charge is 2.27. The van der Waals surface area contributed by atoms with Crippen molar-refractivity contribution in [1.82, 2.24) is 9.84 Å². The number of nitrogen functional groups attached to an aromatic ring is 1. The number of allylic oxidation sites excluding steroid dienone is 1. The van der Waals surface area contributed by atoms with E-state index in [0.29, 0.717) is 11.4 Å². The monoisotopic (exact) mass is 350 g/mol. The fourth-order valence-corrected chi connectivity index (χ4v) is 3.44. The smallest absolute Gasteiger partial charge is 0.292 e. The van der Waals surface area contributed by atoms with Gasteiger partial charge in [0.25, 0.3) is 5.69 Å². The van der Waals surface area contributed by atoms with Crippen LogP contribution in [0, 0.1) is 10.1 Å². The van der Waals surface area contributed by atoms with E-state index < -0.39 is 4.92 Å². The SMILES string of the molecule is CCCCCNN1CC(C)=C(C(=O)c2ccc(N)c([N+](=O)[O-])c2)S1. The van der Waals surface area contributed by atoms with Gasteiger partial charge >= 0.3 is 0 Å². The zero-order chi connectivity index (χ0) is 17.7. The average Bonchev–Trinajstić information content (AvgIpc) is 2.92. The van der Waals surface area contributed by atoms with Gasteiger partial charge in [-0.05, 0) is 43.0 Å². The Hall–Kier alpha value is -1.90. The normalized spacial score (nSPS) is 15.1. The molecule has 0 radical (unpaired) electrons. The van der Waals surface area contributed by atoms with E-state index in [4.69, 9.17) is 5.73 Å². The Morgan fingerprint density at radius 2 is 2.21 bits per heavy atom. The highest BCUT2D eigenvalue weighted by atomic mass is 32.2. The molecule has 0 amide bonds. The van der Waals surface area contributed by atoms with Crippen LogP contribution >= 0.6 is 11.9 Å². The van der Waals surface area contributed by atoms with Crippen LogP contribution in [0.15, 0.2) is 28.7 Å². The lowest BCUT2D eigenvalue weighted by Crippen LogP contribution is -2.31. The molecule has 0 spiro atoms. The molecule has 0 aliphatic carbocycles. The zero-order valence-corrected chi connectivity index (χ0v) is 14.7. The number of benzene rings is 1. The van der Waals surface area contributed by atoms with Crippen molar-refractivity contribution in [2.45, 2.75) is 33.1 Å². The van der Waals surface area contributed by atoms with Crippen molar-refractivity contribution >= 4 is 29.1 Å². The minimum atomic E-state index is -0.573. The average molecular weight is 350 g/mol. The minimum absolute atomic E-state index is 0.0561. The topological polar surface area (TPSA) is 102 Å². The van der Waals surface area contributed by atoms with E-state index >= 15 is 0 Å². The minimum Gasteiger partial charge on any atom is -0.393 e. The number of anilines is 1. The number of nitro benzene ring substituents is 1. The molecular formula is C16H22N4O3S. The van der Waals surface area contributed by atoms with E-state index in [2.05, 4.69) is 12.3 Å². The van der Waals surface area contributed by atoms with Crippen LogP contribution in [-0.4, -0.2) is 28.2 Å². The number of hydrogen-bond donors (Lipinski definition) is 2. The number of hydrazine groups is 1. The number of rotatable bonds is 8. The number of unbranched alkanes of at least 4 members (excludes halogenated alkanes) is 2. The van der Waals surface area contributed by atoms with Crippen LogP contribution in [0.3, 0.4) is 0 Å².